The van der Waals surface area contributed by atoms with Crippen LogP contribution in [-0.4, -0.2) is 14.5 Å². The van der Waals surface area contributed by atoms with Gasteiger partial charge < -0.3 is 0 Å². The van der Waals surface area contributed by atoms with Gasteiger partial charge in [0.25, 0.3) is 0 Å². The topological polar surface area (TPSA) is 30.7 Å². The van der Waals surface area contributed by atoms with E-state index in [0.717, 1.165) is 39.1 Å². The molecule has 0 spiro atoms. The molecule has 0 fully saturated rings. The molecule has 0 aliphatic heterocycles. The highest BCUT2D eigenvalue weighted by atomic mass is 32.1. The molecule has 0 N–H and O–H groups in total. The number of aromatic nitrogens is 3. The molecule has 10 rings (SSSR count). The highest BCUT2D eigenvalue weighted by Gasteiger charge is 2.22. The van der Waals surface area contributed by atoms with E-state index >= 15 is 0 Å². The van der Waals surface area contributed by atoms with E-state index in [4.69, 9.17) is 9.97 Å². The molecule has 10 aromatic rings. The first-order chi connectivity index (χ1) is 23.8. The van der Waals surface area contributed by atoms with Crippen LogP contribution >= 0.6 is 11.3 Å². The smallest absolute Gasteiger partial charge is 0.235 e. The molecule has 0 aliphatic rings. The zero-order valence-corrected chi connectivity index (χ0v) is 26.7. The number of fused-ring (bicyclic) bond motifs is 8. The van der Waals surface area contributed by atoms with Crippen LogP contribution in [-0.2, 0) is 0 Å². The SMILES string of the molecule is c1ccc(-c2cc(-c3ccccc3)nc(-n3c4ccc5ccccc5c4c4cccc(-c5cccc6sc7ccccc7c56)c43)n2)cc1. The minimum atomic E-state index is 0.653. The summed E-state index contributed by atoms with van der Waals surface area (Å²) in [4.78, 5) is 10.7. The predicted octanol–water partition coefficient (Wildman–Crippen LogP) is 12.1. The number of thiophene rings is 1. The van der Waals surface area contributed by atoms with Gasteiger partial charge in [0.15, 0.2) is 0 Å². The van der Waals surface area contributed by atoms with Gasteiger partial charge >= 0.3 is 0 Å². The van der Waals surface area contributed by atoms with Crippen molar-refractivity contribution in [2.24, 2.45) is 0 Å². The lowest BCUT2D eigenvalue weighted by Crippen LogP contribution is -2.04. The Morgan fingerprint density at radius 2 is 1.04 bits per heavy atom. The first-order valence-electron chi connectivity index (χ1n) is 16.2. The lowest BCUT2D eigenvalue weighted by atomic mass is 9.96. The van der Waals surface area contributed by atoms with Gasteiger partial charge in [0.2, 0.25) is 5.95 Å². The quantitative estimate of drug-likeness (QED) is 0.194. The second-order valence-corrected chi connectivity index (χ2v) is 13.2. The van der Waals surface area contributed by atoms with Crippen LogP contribution in [0, 0.1) is 0 Å². The summed E-state index contributed by atoms with van der Waals surface area (Å²) >= 11 is 1.85. The standard InChI is InChI=1S/C44H27N3S/c1-3-14-29(15-4-1)36-27-37(30-16-5-2-6-17-30)46-44(45-36)47-38-26-25-28-13-7-8-18-31(28)41(38)35-22-11-21-33(43(35)47)32-20-12-24-40-42(32)34-19-9-10-23-39(34)48-40/h1-27H. The number of benzene rings is 7. The normalized spacial score (nSPS) is 11.8. The Labute approximate surface area is 281 Å². The molecule has 0 bridgehead atoms. The van der Waals surface area contributed by atoms with Crippen LogP contribution in [0.25, 0.3) is 92.3 Å². The average Bonchev–Trinajstić information content (AvgIpc) is 3.72. The van der Waals surface area contributed by atoms with Gasteiger partial charge in [0.1, 0.15) is 0 Å². The van der Waals surface area contributed by atoms with Crippen molar-refractivity contribution in [1.82, 2.24) is 14.5 Å². The molecule has 3 nitrogen and oxygen atoms in total. The number of hydrogen-bond donors (Lipinski definition) is 0. The Bertz CT molecular complexity index is 2770. The van der Waals surface area contributed by atoms with Crippen LogP contribution in [0.3, 0.4) is 0 Å². The van der Waals surface area contributed by atoms with E-state index in [1.165, 1.54) is 47.3 Å². The second kappa shape index (κ2) is 10.7. The maximum Gasteiger partial charge on any atom is 0.235 e. The predicted molar refractivity (Wildman–Crippen MR) is 203 cm³/mol. The lowest BCUT2D eigenvalue weighted by molar-refractivity contribution is 0.996. The van der Waals surface area contributed by atoms with E-state index in [0.29, 0.717) is 5.95 Å². The van der Waals surface area contributed by atoms with Crippen LogP contribution in [0.15, 0.2) is 164 Å². The number of para-hydroxylation sites is 1. The fraction of sp³-hybridized carbons (Fsp3) is 0. The maximum absolute atomic E-state index is 5.34. The summed E-state index contributed by atoms with van der Waals surface area (Å²) in [5, 5.41) is 7.40. The number of rotatable bonds is 4. The van der Waals surface area contributed by atoms with Crippen molar-refractivity contribution in [2.45, 2.75) is 0 Å². The van der Waals surface area contributed by atoms with Crippen LogP contribution in [0.5, 0.6) is 0 Å². The van der Waals surface area contributed by atoms with E-state index in [-0.39, 0.29) is 0 Å². The van der Waals surface area contributed by atoms with E-state index in [1.807, 2.05) is 23.5 Å². The Kier molecular flexibility index (Phi) is 6.05. The molecule has 0 unspecified atom stereocenters. The molecule has 0 amide bonds. The molecular weight excluding hydrogens is 603 g/mol. The number of nitrogens with zero attached hydrogens (tertiary/aromatic N) is 3. The third-order valence-corrected chi connectivity index (χ3v) is 10.6. The van der Waals surface area contributed by atoms with Gasteiger partial charge in [-0.15, -0.1) is 11.3 Å². The highest BCUT2D eigenvalue weighted by Crippen LogP contribution is 2.45. The Morgan fingerprint density at radius 1 is 0.438 bits per heavy atom. The maximum atomic E-state index is 5.34. The molecule has 7 aromatic carbocycles. The fourth-order valence-corrected chi connectivity index (χ4v) is 8.44. The van der Waals surface area contributed by atoms with Crippen LogP contribution in [0.1, 0.15) is 0 Å². The highest BCUT2D eigenvalue weighted by molar-refractivity contribution is 7.25. The van der Waals surface area contributed by atoms with Gasteiger partial charge in [-0.1, -0.05) is 140 Å². The molecule has 0 radical (unpaired) electrons. The van der Waals surface area contributed by atoms with Crippen molar-refractivity contribution in [3.05, 3.63) is 164 Å². The minimum Gasteiger partial charge on any atom is -0.277 e. The molecule has 224 valence electrons. The van der Waals surface area contributed by atoms with Crippen LogP contribution in [0.2, 0.25) is 0 Å². The first kappa shape index (κ1) is 27.1. The third-order valence-electron chi connectivity index (χ3n) is 9.42. The molecule has 0 atom stereocenters. The van der Waals surface area contributed by atoms with Gasteiger partial charge in [-0.2, -0.15) is 0 Å². The molecule has 4 heteroatoms. The number of hydrogen-bond acceptors (Lipinski definition) is 3. The van der Waals surface area contributed by atoms with E-state index < -0.39 is 0 Å². The summed E-state index contributed by atoms with van der Waals surface area (Å²) in [6.07, 6.45) is 0. The van der Waals surface area contributed by atoms with Gasteiger partial charge in [-0.25, -0.2) is 9.97 Å². The summed E-state index contributed by atoms with van der Waals surface area (Å²) in [5.41, 5.74) is 8.46. The molecule has 48 heavy (non-hydrogen) atoms. The Balaban J connectivity index is 1.38. The summed E-state index contributed by atoms with van der Waals surface area (Å²) in [6.45, 7) is 0. The lowest BCUT2D eigenvalue weighted by Gasteiger charge is -2.14. The van der Waals surface area contributed by atoms with Crippen LogP contribution in [0.4, 0.5) is 0 Å². The van der Waals surface area contributed by atoms with Gasteiger partial charge in [-0.3, -0.25) is 4.57 Å². The first-order valence-corrected chi connectivity index (χ1v) is 17.0. The Morgan fingerprint density at radius 3 is 1.81 bits per heavy atom. The fourth-order valence-electron chi connectivity index (χ4n) is 7.31. The third kappa shape index (κ3) is 4.13. The van der Waals surface area contributed by atoms with E-state index in [9.17, 15) is 0 Å². The average molecular weight is 630 g/mol. The largest absolute Gasteiger partial charge is 0.277 e. The molecule has 0 aliphatic carbocycles. The van der Waals surface area contributed by atoms with Crippen molar-refractivity contribution in [3.63, 3.8) is 0 Å². The monoisotopic (exact) mass is 629 g/mol. The molecular formula is C44H27N3S. The van der Waals surface area contributed by atoms with Gasteiger partial charge in [0.05, 0.1) is 22.4 Å². The van der Waals surface area contributed by atoms with Gasteiger partial charge in [-0.05, 0) is 40.6 Å². The van der Waals surface area contributed by atoms with E-state index in [2.05, 4.69) is 156 Å². The summed E-state index contributed by atoms with van der Waals surface area (Å²) in [6, 6.07) is 58.2. The van der Waals surface area contributed by atoms with Crippen molar-refractivity contribution in [2.75, 3.05) is 0 Å². The summed E-state index contributed by atoms with van der Waals surface area (Å²) < 4.78 is 4.89. The van der Waals surface area contributed by atoms with Crippen molar-refractivity contribution in [3.8, 4) is 39.6 Å². The zero-order chi connectivity index (χ0) is 31.6. The zero-order valence-electron chi connectivity index (χ0n) is 25.8. The summed E-state index contributed by atoms with van der Waals surface area (Å²) in [5.74, 6) is 0.653. The molecule has 0 saturated heterocycles. The van der Waals surface area contributed by atoms with Crippen molar-refractivity contribution in [1.29, 1.82) is 0 Å². The van der Waals surface area contributed by atoms with E-state index in [1.54, 1.807) is 0 Å². The summed E-state index contributed by atoms with van der Waals surface area (Å²) in [7, 11) is 0. The Hall–Kier alpha value is -6.10. The van der Waals surface area contributed by atoms with Crippen LogP contribution < -0.4 is 0 Å². The molecule has 3 aromatic heterocycles. The minimum absolute atomic E-state index is 0.653. The molecule has 0 saturated carbocycles. The molecule has 3 heterocycles. The van der Waals surface area contributed by atoms with Crippen molar-refractivity contribution >= 4 is 64.1 Å². The van der Waals surface area contributed by atoms with Crippen molar-refractivity contribution < 1.29 is 0 Å². The van der Waals surface area contributed by atoms with Gasteiger partial charge in [0, 0.05) is 47.6 Å². The second-order valence-electron chi connectivity index (χ2n) is 12.2.